The summed E-state index contributed by atoms with van der Waals surface area (Å²) in [4.78, 5) is 11.9. The minimum absolute atomic E-state index is 0.0483. The van der Waals surface area contributed by atoms with Gasteiger partial charge in [-0.15, -0.1) is 10.2 Å². The van der Waals surface area contributed by atoms with Gasteiger partial charge in [-0.25, -0.2) is 0 Å². The van der Waals surface area contributed by atoms with Crippen LogP contribution in [0, 0.1) is 6.92 Å². The molecule has 2 aromatic rings. The molecule has 0 fully saturated rings. The van der Waals surface area contributed by atoms with E-state index in [1.54, 1.807) is 19.1 Å². The predicted molar refractivity (Wildman–Crippen MR) is 62.9 cm³/mol. The highest BCUT2D eigenvalue weighted by Gasteiger charge is 2.17. The summed E-state index contributed by atoms with van der Waals surface area (Å²) in [5, 5.41) is 25.6. The molecule has 18 heavy (non-hydrogen) atoms. The Morgan fingerprint density at radius 3 is 2.89 bits per heavy atom. The number of tetrazole rings is 1. The minimum atomic E-state index is -0.392. The second-order valence-electron chi connectivity index (χ2n) is 3.99. The van der Waals surface area contributed by atoms with Crippen molar-refractivity contribution in [2.24, 2.45) is 0 Å². The van der Waals surface area contributed by atoms with Crippen LogP contribution in [0.25, 0.3) is 0 Å². The first kappa shape index (κ1) is 12.0. The van der Waals surface area contributed by atoms with Crippen LogP contribution in [0.5, 0.6) is 5.75 Å². The van der Waals surface area contributed by atoms with E-state index >= 15 is 0 Å². The number of carbonyl (C=O) groups is 1. The van der Waals surface area contributed by atoms with Gasteiger partial charge in [0.2, 0.25) is 0 Å². The van der Waals surface area contributed by atoms with Crippen molar-refractivity contribution in [1.82, 2.24) is 25.9 Å². The Balaban J connectivity index is 2.12. The number of amides is 1. The third-order valence-corrected chi connectivity index (χ3v) is 2.49. The van der Waals surface area contributed by atoms with E-state index in [9.17, 15) is 9.90 Å². The lowest BCUT2D eigenvalue weighted by molar-refractivity contribution is 0.0935. The first-order valence-electron chi connectivity index (χ1n) is 5.41. The van der Waals surface area contributed by atoms with Gasteiger partial charge in [-0.1, -0.05) is 11.3 Å². The monoisotopic (exact) mass is 247 g/mol. The smallest absolute Gasteiger partial charge is 0.255 e. The van der Waals surface area contributed by atoms with Crippen LogP contribution in [0.1, 0.15) is 34.7 Å². The molecular weight excluding hydrogens is 234 g/mol. The number of aryl methyl sites for hydroxylation is 1. The van der Waals surface area contributed by atoms with Gasteiger partial charge >= 0.3 is 0 Å². The topological polar surface area (TPSA) is 104 Å². The summed E-state index contributed by atoms with van der Waals surface area (Å²) in [7, 11) is 0. The van der Waals surface area contributed by atoms with Gasteiger partial charge in [-0.3, -0.25) is 4.79 Å². The van der Waals surface area contributed by atoms with Crippen molar-refractivity contribution in [1.29, 1.82) is 0 Å². The molecule has 0 aliphatic carbocycles. The lowest BCUT2D eigenvalue weighted by atomic mass is 10.1. The van der Waals surface area contributed by atoms with Gasteiger partial charge in [0.15, 0.2) is 5.82 Å². The van der Waals surface area contributed by atoms with E-state index in [2.05, 4.69) is 25.9 Å². The Bertz CT molecular complexity index is 553. The summed E-state index contributed by atoms with van der Waals surface area (Å²) in [6.45, 7) is 3.57. The van der Waals surface area contributed by atoms with E-state index in [4.69, 9.17) is 0 Å². The molecular formula is C11H13N5O2. The fourth-order valence-electron chi connectivity index (χ4n) is 1.53. The van der Waals surface area contributed by atoms with Gasteiger partial charge in [-0.05, 0) is 31.5 Å². The number of nitrogens with one attached hydrogen (secondary N) is 2. The summed E-state index contributed by atoms with van der Waals surface area (Å²) >= 11 is 0. The maximum atomic E-state index is 11.9. The van der Waals surface area contributed by atoms with Crippen molar-refractivity contribution in [2.75, 3.05) is 0 Å². The molecule has 1 atom stereocenters. The third-order valence-electron chi connectivity index (χ3n) is 2.49. The highest BCUT2D eigenvalue weighted by atomic mass is 16.3. The number of H-pyrrole nitrogens is 1. The first-order valence-corrected chi connectivity index (χ1v) is 5.41. The van der Waals surface area contributed by atoms with Crippen LogP contribution in [0.2, 0.25) is 0 Å². The number of phenolic OH excluding ortho intramolecular Hbond substituents is 1. The van der Waals surface area contributed by atoms with Crippen molar-refractivity contribution >= 4 is 5.91 Å². The molecule has 0 aliphatic rings. The zero-order valence-corrected chi connectivity index (χ0v) is 10.0. The van der Waals surface area contributed by atoms with Crippen LogP contribution in [0.4, 0.5) is 0 Å². The van der Waals surface area contributed by atoms with Gasteiger partial charge in [0.1, 0.15) is 5.75 Å². The number of nitrogens with zero attached hydrogens (tertiary/aromatic N) is 3. The Morgan fingerprint density at radius 2 is 2.28 bits per heavy atom. The zero-order valence-electron chi connectivity index (χ0n) is 10.0. The maximum absolute atomic E-state index is 11.9. The zero-order chi connectivity index (χ0) is 13.1. The van der Waals surface area contributed by atoms with Crippen molar-refractivity contribution in [3.8, 4) is 5.75 Å². The number of aromatic amines is 1. The highest BCUT2D eigenvalue weighted by Crippen LogP contribution is 2.19. The van der Waals surface area contributed by atoms with E-state index in [1.165, 1.54) is 6.07 Å². The summed E-state index contributed by atoms with van der Waals surface area (Å²) in [5.74, 6) is -0.0486. The number of hydrogen-bond donors (Lipinski definition) is 3. The molecule has 7 heteroatoms. The number of phenols is 1. The SMILES string of the molecule is Cc1ccc(C(=O)NC(C)c2nn[nH]n2)c(O)c1. The van der Waals surface area contributed by atoms with Crippen molar-refractivity contribution in [2.45, 2.75) is 19.9 Å². The molecule has 0 aliphatic heterocycles. The van der Waals surface area contributed by atoms with Crippen molar-refractivity contribution in [3.63, 3.8) is 0 Å². The van der Waals surface area contributed by atoms with Crippen LogP contribution in [0.3, 0.4) is 0 Å². The number of benzene rings is 1. The lowest BCUT2D eigenvalue weighted by Crippen LogP contribution is -2.27. The number of aromatic hydroxyl groups is 1. The van der Waals surface area contributed by atoms with E-state index in [0.717, 1.165) is 5.56 Å². The number of hydrogen-bond acceptors (Lipinski definition) is 5. The summed E-state index contributed by atoms with van der Waals surface area (Å²) in [6.07, 6.45) is 0. The molecule has 1 aromatic heterocycles. The average Bonchev–Trinajstić information content (AvgIpc) is 2.81. The molecule has 94 valence electrons. The minimum Gasteiger partial charge on any atom is -0.507 e. The van der Waals surface area contributed by atoms with Crippen LogP contribution >= 0.6 is 0 Å². The summed E-state index contributed by atoms with van der Waals surface area (Å²) in [5.41, 5.74) is 1.10. The fourth-order valence-corrected chi connectivity index (χ4v) is 1.53. The number of rotatable bonds is 3. The Kier molecular flexibility index (Phi) is 3.22. The Morgan fingerprint density at radius 1 is 1.50 bits per heavy atom. The van der Waals surface area contributed by atoms with Crippen LogP contribution < -0.4 is 5.32 Å². The predicted octanol–water partition coefficient (Wildman–Crippen LogP) is 0.705. The molecule has 1 amide bonds. The van der Waals surface area contributed by atoms with Crippen molar-refractivity contribution in [3.05, 3.63) is 35.2 Å². The molecule has 1 aromatic carbocycles. The van der Waals surface area contributed by atoms with E-state index in [0.29, 0.717) is 5.82 Å². The molecule has 3 N–H and O–H groups in total. The van der Waals surface area contributed by atoms with Crippen molar-refractivity contribution < 1.29 is 9.90 Å². The lowest BCUT2D eigenvalue weighted by Gasteiger charge is -2.11. The molecule has 7 nitrogen and oxygen atoms in total. The fraction of sp³-hybridized carbons (Fsp3) is 0.273. The van der Waals surface area contributed by atoms with E-state index < -0.39 is 6.04 Å². The maximum Gasteiger partial charge on any atom is 0.255 e. The molecule has 1 unspecified atom stereocenters. The second-order valence-corrected chi connectivity index (χ2v) is 3.99. The molecule has 2 rings (SSSR count). The largest absolute Gasteiger partial charge is 0.507 e. The Labute approximate surface area is 103 Å². The van der Waals surface area contributed by atoms with E-state index in [-0.39, 0.29) is 17.2 Å². The number of carbonyl (C=O) groups excluding carboxylic acids is 1. The standard InChI is InChI=1S/C11H13N5O2/c1-6-3-4-8(9(17)5-6)11(18)12-7(2)10-13-15-16-14-10/h3-5,7,17H,1-2H3,(H,12,18)(H,13,14,15,16). The molecule has 0 bridgehead atoms. The highest BCUT2D eigenvalue weighted by molar-refractivity contribution is 5.97. The molecule has 0 saturated carbocycles. The molecule has 0 saturated heterocycles. The average molecular weight is 247 g/mol. The van der Waals surface area contributed by atoms with E-state index in [1.807, 2.05) is 6.92 Å². The van der Waals surface area contributed by atoms with Gasteiger partial charge < -0.3 is 10.4 Å². The van der Waals surface area contributed by atoms with Gasteiger partial charge in [0.25, 0.3) is 5.91 Å². The normalized spacial score (nSPS) is 12.1. The number of aromatic nitrogens is 4. The quantitative estimate of drug-likeness (QED) is 0.740. The van der Waals surface area contributed by atoms with Crippen LogP contribution in [-0.4, -0.2) is 31.6 Å². The van der Waals surface area contributed by atoms with Crippen LogP contribution in [0.15, 0.2) is 18.2 Å². The van der Waals surface area contributed by atoms with Gasteiger partial charge in [0, 0.05) is 0 Å². The Hall–Kier alpha value is -2.44. The summed E-state index contributed by atoms with van der Waals surface area (Å²) < 4.78 is 0. The van der Waals surface area contributed by atoms with Gasteiger partial charge in [-0.2, -0.15) is 5.21 Å². The first-order chi connectivity index (χ1) is 8.58. The summed E-state index contributed by atoms with van der Waals surface area (Å²) in [6, 6.07) is 4.47. The molecule has 0 radical (unpaired) electrons. The van der Waals surface area contributed by atoms with Gasteiger partial charge in [0.05, 0.1) is 11.6 Å². The molecule has 1 heterocycles. The second kappa shape index (κ2) is 4.82. The molecule has 0 spiro atoms. The van der Waals surface area contributed by atoms with Crippen LogP contribution in [-0.2, 0) is 0 Å². The third kappa shape index (κ3) is 2.45.